The van der Waals surface area contributed by atoms with Crippen molar-refractivity contribution in [3.05, 3.63) is 11.6 Å². The van der Waals surface area contributed by atoms with Crippen molar-refractivity contribution < 1.29 is 0 Å². The van der Waals surface area contributed by atoms with Gasteiger partial charge in [-0.25, -0.2) is 0 Å². The van der Waals surface area contributed by atoms with E-state index in [-0.39, 0.29) is 0 Å². The monoisotopic (exact) mass is 360 g/mol. The molecule has 0 bridgehead atoms. The smallest absolute Gasteiger partial charge is 0.146 e. The summed E-state index contributed by atoms with van der Waals surface area (Å²) in [7, 11) is 2.18. The van der Waals surface area contributed by atoms with E-state index in [1.54, 1.807) is 0 Å². The van der Waals surface area contributed by atoms with Crippen molar-refractivity contribution >= 4 is 0 Å². The second-order valence-electron chi connectivity index (χ2n) is 8.52. The molecule has 3 saturated heterocycles. The second kappa shape index (κ2) is 8.81. The molecule has 1 N–H and O–H groups in total. The summed E-state index contributed by atoms with van der Waals surface area (Å²) in [4.78, 5) is 5.30. The zero-order chi connectivity index (χ0) is 17.8. The number of aromatic nitrogens is 3. The molecule has 6 heteroatoms. The van der Waals surface area contributed by atoms with Crippen LogP contribution in [0.3, 0.4) is 0 Å². The lowest BCUT2D eigenvalue weighted by molar-refractivity contribution is 0.125. The van der Waals surface area contributed by atoms with Crippen molar-refractivity contribution in [1.82, 2.24) is 29.9 Å². The van der Waals surface area contributed by atoms with Gasteiger partial charge in [0.2, 0.25) is 0 Å². The van der Waals surface area contributed by atoms with Gasteiger partial charge in [-0.05, 0) is 77.8 Å². The number of hydrogen-bond acceptors (Lipinski definition) is 5. The molecule has 0 saturated carbocycles. The van der Waals surface area contributed by atoms with E-state index >= 15 is 0 Å². The number of hydrogen-bond donors (Lipinski definition) is 1. The largest absolute Gasteiger partial charge is 0.317 e. The Morgan fingerprint density at radius 2 is 1.58 bits per heavy atom. The highest BCUT2D eigenvalue weighted by atomic mass is 15.3. The molecule has 0 radical (unpaired) electrons. The van der Waals surface area contributed by atoms with Crippen LogP contribution >= 0.6 is 0 Å². The topological polar surface area (TPSA) is 49.2 Å². The summed E-state index contributed by atoms with van der Waals surface area (Å²) in [6.45, 7) is 8.24. The summed E-state index contributed by atoms with van der Waals surface area (Å²) in [6, 6.07) is 0.801. The Labute approximate surface area is 158 Å². The Bertz CT molecular complexity index is 549. The van der Waals surface area contributed by atoms with Gasteiger partial charge in [0.05, 0.1) is 6.54 Å². The molecule has 26 heavy (non-hydrogen) atoms. The van der Waals surface area contributed by atoms with Crippen LogP contribution in [-0.4, -0.2) is 69.9 Å². The number of rotatable bonds is 4. The van der Waals surface area contributed by atoms with Gasteiger partial charge < -0.3 is 14.8 Å². The van der Waals surface area contributed by atoms with Gasteiger partial charge >= 0.3 is 0 Å². The maximum Gasteiger partial charge on any atom is 0.146 e. The van der Waals surface area contributed by atoms with Crippen LogP contribution in [0.25, 0.3) is 0 Å². The SMILES string of the molecule is Cn1c(CN2CCCCCC2)nnc1C1CCN(C2CCNCC2)CC1. The average molecular weight is 361 g/mol. The molecule has 6 nitrogen and oxygen atoms in total. The fraction of sp³-hybridized carbons (Fsp3) is 0.900. The molecule has 3 aliphatic heterocycles. The number of piperidine rings is 2. The fourth-order valence-corrected chi connectivity index (χ4v) is 5.06. The molecule has 146 valence electrons. The van der Waals surface area contributed by atoms with Crippen LogP contribution < -0.4 is 5.32 Å². The van der Waals surface area contributed by atoms with E-state index in [9.17, 15) is 0 Å². The van der Waals surface area contributed by atoms with Crippen LogP contribution in [0.15, 0.2) is 0 Å². The van der Waals surface area contributed by atoms with E-state index in [1.807, 2.05) is 0 Å². The molecule has 0 aliphatic carbocycles. The third-order valence-electron chi connectivity index (χ3n) is 6.78. The average Bonchev–Trinajstić information content (AvgIpc) is 2.88. The Kier molecular flexibility index (Phi) is 6.23. The van der Waals surface area contributed by atoms with Crippen molar-refractivity contribution in [2.45, 2.75) is 69.9 Å². The van der Waals surface area contributed by atoms with Crippen LogP contribution in [0.5, 0.6) is 0 Å². The summed E-state index contributed by atoms with van der Waals surface area (Å²) >= 11 is 0. The molecule has 3 fully saturated rings. The molecule has 0 unspecified atom stereocenters. The fourth-order valence-electron chi connectivity index (χ4n) is 5.06. The van der Waals surface area contributed by atoms with E-state index in [4.69, 9.17) is 0 Å². The molecule has 0 atom stereocenters. The third-order valence-corrected chi connectivity index (χ3v) is 6.78. The summed E-state index contributed by atoms with van der Waals surface area (Å²) in [5.41, 5.74) is 0. The summed E-state index contributed by atoms with van der Waals surface area (Å²) in [6.07, 6.45) is 10.5. The first-order chi connectivity index (χ1) is 12.8. The van der Waals surface area contributed by atoms with Crippen LogP contribution in [0.1, 0.15) is 68.9 Å². The third kappa shape index (κ3) is 4.29. The number of nitrogens with zero attached hydrogens (tertiary/aromatic N) is 5. The van der Waals surface area contributed by atoms with E-state index < -0.39 is 0 Å². The zero-order valence-electron chi connectivity index (χ0n) is 16.5. The quantitative estimate of drug-likeness (QED) is 0.891. The van der Waals surface area contributed by atoms with Gasteiger partial charge in [-0.15, -0.1) is 10.2 Å². The predicted octanol–water partition coefficient (Wildman–Crippen LogP) is 2.12. The van der Waals surface area contributed by atoms with Crippen molar-refractivity contribution in [3.8, 4) is 0 Å². The van der Waals surface area contributed by atoms with Crippen LogP contribution in [0, 0.1) is 0 Å². The molecule has 1 aromatic heterocycles. The van der Waals surface area contributed by atoms with Crippen LogP contribution in [-0.2, 0) is 13.6 Å². The lowest BCUT2D eigenvalue weighted by Crippen LogP contribution is -2.46. The van der Waals surface area contributed by atoms with Gasteiger partial charge in [0, 0.05) is 19.0 Å². The minimum absolute atomic E-state index is 0.586. The Balaban J connectivity index is 1.33. The van der Waals surface area contributed by atoms with E-state index in [1.165, 1.54) is 96.5 Å². The van der Waals surface area contributed by atoms with Gasteiger partial charge in [-0.3, -0.25) is 4.90 Å². The van der Waals surface area contributed by atoms with E-state index in [0.29, 0.717) is 5.92 Å². The summed E-state index contributed by atoms with van der Waals surface area (Å²) < 4.78 is 2.30. The highest BCUT2D eigenvalue weighted by Gasteiger charge is 2.29. The Hall–Kier alpha value is -0.980. The highest BCUT2D eigenvalue weighted by molar-refractivity contribution is 5.04. The molecule has 4 heterocycles. The van der Waals surface area contributed by atoms with Crippen molar-refractivity contribution in [3.63, 3.8) is 0 Å². The normalized spacial score (nSPS) is 25.4. The first-order valence-corrected chi connectivity index (χ1v) is 10.9. The van der Waals surface area contributed by atoms with Crippen LogP contribution in [0.4, 0.5) is 0 Å². The lowest BCUT2D eigenvalue weighted by Gasteiger charge is -2.39. The Morgan fingerprint density at radius 1 is 0.885 bits per heavy atom. The van der Waals surface area contributed by atoms with Gasteiger partial charge in [0.15, 0.2) is 0 Å². The minimum atomic E-state index is 0.586. The molecule has 0 aromatic carbocycles. The number of nitrogens with one attached hydrogen (secondary N) is 1. The van der Waals surface area contributed by atoms with Crippen molar-refractivity contribution in [2.24, 2.45) is 7.05 Å². The van der Waals surface area contributed by atoms with Crippen molar-refractivity contribution in [2.75, 3.05) is 39.3 Å². The number of likely N-dealkylation sites (tertiary alicyclic amines) is 2. The molecular weight excluding hydrogens is 324 g/mol. The summed E-state index contributed by atoms with van der Waals surface area (Å²) in [5.74, 6) is 2.96. The molecular formula is C20H36N6. The van der Waals surface area contributed by atoms with Gasteiger partial charge in [-0.1, -0.05) is 12.8 Å². The van der Waals surface area contributed by atoms with Crippen molar-refractivity contribution in [1.29, 1.82) is 0 Å². The van der Waals surface area contributed by atoms with E-state index in [0.717, 1.165) is 18.4 Å². The lowest BCUT2D eigenvalue weighted by atomic mass is 9.93. The minimum Gasteiger partial charge on any atom is -0.317 e. The molecule has 1 aromatic rings. The molecule has 0 amide bonds. The zero-order valence-corrected chi connectivity index (χ0v) is 16.5. The summed E-state index contributed by atoms with van der Waals surface area (Å²) in [5, 5.41) is 12.7. The van der Waals surface area contributed by atoms with E-state index in [2.05, 4.69) is 36.9 Å². The molecule has 3 aliphatic rings. The molecule has 4 rings (SSSR count). The highest BCUT2D eigenvalue weighted by Crippen LogP contribution is 2.29. The predicted molar refractivity (Wildman–Crippen MR) is 104 cm³/mol. The second-order valence-corrected chi connectivity index (χ2v) is 8.52. The first kappa shape index (κ1) is 18.4. The van der Waals surface area contributed by atoms with Gasteiger partial charge in [0.1, 0.15) is 11.6 Å². The maximum absolute atomic E-state index is 4.62. The standard InChI is InChI=1S/C20H36N6/c1-24-19(16-25-12-4-2-3-5-13-25)22-23-20(24)17-8-14-26(15-9-17)18-6-10-21-11-7-18/h17-18,21H,2-16H2,1H3. The molecule has 0 spiro atoms. The Morgan fingerprint density at radius 3 is 2.27 bits per heavy atom. The van der Waals surface area contributed by atoms with Crippen LogP contribution in [0.2, 0.25) is 0 Å². The first-order valence-electron chi connectivity index (χ1n) is 10.9. The van der Waals surface area contributed by atoms with Gasteiger partial charge in [0.25, 0.3) is 0 Å². The van der Waals surface area contributed by atoms with Gasteiger partial charge in [-0.2, -0.15) is 0 Å². The maximum atomic E-state index is 4.62.